The van der Waals surface area contributed by atoms with Crippen LogP contribution in [0.1, 0.15) is 48.7 Å². The molecule has 0 aromatic heterocycles. The minimum atomic E-state index is -0.589. The van der Waals surface area contributed by atoms with Crippen molar-refractivity contribution in [2.24, 2.45) is 5.92 Å². The lowest BCUT2D eigenvalue weighted by Gasteiger charge is -2.36. The van der Waals surface area contributed by atoms with Crippen molar-refractivity contribution in [1.82, 2.24) is 10.3 Å². The molecule has 0 bridgehead atoms. The fourth-order valence-corrected chi connectivity index (χ4v) is 4.14. The fourth-order valence-electron chi connectivity index (χ4n) is 3.95. The highest BCUT2D eigenvalue weighted by molar-refractivity contribution is 6.30. The van der Waals surface area contributed by atoms with Crippen LogP contribution < -0.4 is 10.3 Å². The molecule has 1 aliphatic rings. The molecule has 0 radical (unpaired) electrons. The van der Waals surface area contributed by atoms with Crippen LogP contribution in [-0.4, -0.2) is 36.0 Å². The van der Waals surface area contributed by atoms with Crippen LogP contribution in [0.2, 0.25) is 5.02 Å². The summed E-state index contributed by atoms with van der Waals surface area (Å²) in [6, 6.07) is 12.6. The molecule has 0 fully saturated rings. The molecule has 1 aliphatic heterocycles. The van der Waals surface area contributed by atoms with E-state index in [0.717, 1.165) is 29.8 Å². The van der Waals surface area contributed by atoms with E-state index < -0.39 is 6.04 Å². The zero-order valence-corrected chi connectivity index (χ0v) is 18.9. The topological polar surface area (TPSA) is 52.7 Å². The Morgan fingerprint density at radius 2 is 1.97 bits per heavy atom. The molecule has 30 heavy (non-hydrogen) atoms. The highest BCUT2D eigenvalue weighted by Crippen LogP contribution is 2.32. The van der Waals surface area contributed by atoms with Gasteiger partial charge >= 0.3 is 0 Å². The molecule has 0 spiro atoms. The number of nitrogens with one attached hydrogen (secondary N) is 1. The van der Waals surface area contributed by atoms with Crippen molar-refractivity contribution < 1.29 is 9.59 Å². The van der Waals surface area contributed by atoms with Crippen molar-refractivity contribution in [1.29, 1.82) is 0 Å². The van der Waals surface area contributed by atoms with Crippen molar-refractivity contribution >= 4 is 29.1 Å². The van der Waals surface area contributed by atoms with Crippen LogP contribution in [0.4, 0.5) is 5.69 Å². The van der Waals surface area contributed by atoms with Crippen molar-refractivity contribution in [2.75, 3.05) is 18.1 Å². The summed E-state index contributed by atoms with van der Waals surface area (Å²) >= 11 is 6.13. The van der Waals surface area contributed by atoms with Crippen molar-refractivity contribution in [2.45, 2.75) is 46.6 Å². The van der Waals surface area contributed by atoms with Gasteiger partial charge in [-0.2, -0.15) is 0 Å². The number of nitrogens with zero attached hydrogens (tertiary/aromatic N) is 2. The second kappa shape index (κ2) is 9.52. The molecule has 0 saturated heterocycles. The Labute approximate surface area is 184 Å². The lowest BCUT2D eigenvalue weighted by molar-refractivity contribution is -0.134. The second-order valence-electron chi connectivity index (χ2n) is 8.23. The first kappa shape index (κ1) is 22.2. The third kappa shape index (κ3) is 4.96. The SMILES string of the molecule is CCN(C(=O)C(CC(C)C)NC(=O)c1cccc(C)c1)N1CCc2cc(Cl)ccc21. The van der Waals surface area contributed by atoms with E-state index in [4.69, 9.17) is 11.6 Å². The Balaban J connectivity index is 1.82. The van der Waals surface area contributed by atoms with Gasteiger partial charge in [-0.1, -0.05) is 43.1 Å². The maximum atomic E-state index is 13.6. The smallest absolute Gasteiger partial charge is 0.263 e. The first-order valence-electron chi connectivity index (χ1n) is 10.5. The number of amides is 2. The van der Waals surface area contributed by atoms with E-state index in [9.17, 15) is 9.59 Å². The van der Waals surface area contributed by atoms with Gasteiger partial charge in [0.2, 0.25) is 0 Å². The molecule has 160 valence electrons. The maximum Gasteiger partial charge on any atom is 0.263 e. The van der Waals surface area contributed by atoms with Gasteiger partial charge in [0.05, 0.1) is 5.69 Å². The van der Waals surface area contributed by atoms with Crippen LogP contribution in [0, 0.1) is 12.8 Å². The van der Waals surface area contributed by atoms with E-state index in [1.54, 1.807) is 11.1 Å². The van der Waals surface area contributed by atoms with E-state index in [-0.39, 0.29) is 17.7 Å². The minimum absolute atomic E-state index is 0.0880. The van der Waals surface area contributed by atoms with Gasteiger partial charge in [-0.3, -0.25) is 19.6 Å². The van der Waals surface area contributed by atoms with Crippen molar-refractivity contribution in [3.05, 3.63) is 64.2 Å². The van der Waals surface area contributed by atoms with Crippen LogP contribution in [0.15, 0.2) is 42.5 Å². The van der Waals surface area contributed by atoms with Gasteiger partial charge in [0.25, 0.3) is 11.8 Å². The molecular weight excluding hydrogens is 398 g/mol. The molecule has 1 atom stereocenters. The number of aryl methyl sites for hydroxylation is 1. The molecule has 2 aromatic rings. The van der Waals surface area contributed by atoms with E-state index in [0.29, 0.717) is 23.6 Å². The first-order chi connectivity index (χ1) is 14.3. The zero-order chi connectivity index (χ0) is 21.8. The van der Waals surface area contributed by atoms with E-state index >= 15 is 0 Å². The Morgan fingerprint density at radius 3 is 2.63 bits per heavy atom. The van der Waals surface area contributed by atoms with Gasteiger partial charge in [-0.15, -0.1) is 0 Å². The summed E-state index contributed by atoms with van der Waals surface area (Å²) in [6.07, 6.45) is 1.42. The summed E-state index contributed by atoms with van der Waals surface area (Å²) in [7, 11) is 0. The molecule has 5 nitrogen and oxygen atoms in total. The van der Waals surface area contributed by atoms with Crippen LogP contribution in [0.5, 0.6) is 0 Å². The number of fused-ring (bicyclic) bond motifs is 1. The summed E-state index contributed by atoms with van der Waals surface area (Å²) in [4.78, 5) is 26.4. The summed E-state index contributed by atoms with van der Waals surface area (Å²) in [6.45, 7) is 9.26. The Bertz CT molecular complexity index is 928. The summed E-state index contributed by atoms with van der Waals surface area (Å²) < 4.78 is 0. The summed E-state index contributed by atoms with van der Waals surface area (Å²) in [5, 5.41) is 7.45. The average molecular weight is 428 g/mol. The lowest BCUT2D eigenvalue weighted by Crippen LogP contribution is -2.55. The Morgan fingerprint density at radius 1 is 1.20 bits per heavy atom. The fraction of sp³-hybridized carbons (Fsp3) is 0.417. The summed E-state index contributed by atoms with van der Waals surface area (Å²) in [5.74, 6) is -0.0440. The molecule has 1 heterocycles. The molecular formula is C24H30ClN3O2. The van der Waals surface area contributed by atoms with Gasteiger partial charge in [-0.25, -0.2) is 0 Å². The number of benzene rings is 2. The Hall–Kier alpha value is -2.53. The van der Waals surface area contributed by atoms with Gasteiger partial charge in [0.1, 0.15) is 6.04 Å². The van der Waals surface area contributed by atoms with E-state index in [1.807, 2.05) is 55.3 Å². The number of carbonyl (C=O) groups is 2. The molecule has 6 heteroatoms. The number of rotatable bonds is 7. The van der Waals surface area contributed by atoms with E-state index in [1.165, 1.54) is 0 Å². The van der Waals surface area contributed by atoms with Gasteiger partial charge in [-0.05, 0) is 68.5 Å². The maximum absolute atomic E-state index is 13.6. The number of hydrogen-bond acceptors (Lipinski definition) is 3. The number of likely N-dealkylation sites (N-methyl/N-ethyl adjacent to an activating group) is 1. The zero-order valence-electron chi connectivity index (χ0n) is 18.1. The quantitative estimate of drug-likeness (QED) is 0.701. The number of halogens is 1. The number of carbonyl (C=O) groups excluding carboxylic acids is 2. The highest BCUT2D eigenvalue weighted by Gasteiger charge is 2.32. The predicted octanol–water partition coefficient (Wildman–Crippen LogP) is 4.62. The predicted molar refractivity (Wildman–Crippen MR) is 122 cm³/mol. The molecule has 0 aliphatic carbocycles. The molecule has 2 aromatic carbocycles. The molecule has 1 unspecified atom stereocenters. The van der Waals surface area contributed by atoms with Crippen molar-refractivity contribution in [3.8, 4) is 0 Å². The van der Waals surface area contributed by atoms with Crippen LogP contribution in [0.3, 0.4) is 0 Å². The second-order valence-corrected chi connectivity index (χ2v) is 8.66. The lowest BCUT2D eigenvalue weighted by atomic mass is 10.0. The van der Waals surface area contributed by atoms with Crippen LogP contribution >= 0.6 is 11.6 Å². The monoisotopic (exact) mass is 427 g/mol. The normalized spacial score (nSPS) is 13.9. The molecule has 2 amide bonds. The number of anilines is 1. The third-order valence-corrected chi connectivity index (χ3v) is 5.58. The van der Waals surface area contributed by atoms with Gasteiger partial charge < -0.3 is 5.32 Å². The van der Waals surface area contributed by atoms with Crippen molar-refractivity contribution in [3.63, 3.8) is 0 Å². The van der Waals surface area contributed by atoms with Gasteiger partial charge in [0, 0.05) is 23.7 Å². The average Bonchev–Trinajstić information content (AvgIpc) is 3.10. The first-order valence-corrected chi connectivity index (χ1v) is 10.9. The number of hydrazine groups is 1. The van der Waals surface area contributed by atoms with E-state index in [2.05, 4.69) is 19.2 Å². The van der Waals surface area contributed by atoms with Crippen LogP contribution in [-0.2, 0) is 11.2 Å². The van der Waals surface area contributed by atoms with Crippen LogP contribution in [0.25, 0.3) is 0 Å². The summed E-state index contributed by atoms with van der Waals surface area (Å²) in [5.41, 5.74) is 3.72. The largest absolute Gasteiger partial charge is 0.340 e. The van der Waals surface area contributed by atoms with Gasteiger partial charge in [0.15, 0.2) is 0 Å². The third-order valence-electron chi connectivity index (χ3n) is 5.35. The molecule has 0 saturated carbocycles. The minimum Gasteiger partial charge on any atom is -0.340 e. The number of hydrogen-bond donors (Lipinski definition) is 1. The Kier molecular flexibility index (Phi) is 7.03. The highest BCUT2D eigenvalue weighted by atomic mass is 35.5. The molecule has 3 rings (SSSR count). The standard InChI is InChI=1S/C24H30ClN3O2/c1-5-27(28-12-11-18-15-20(25)9-10-22(18)28)24(30)21(13-16(2)3)26-23(29)19-8-6-7-17(4)14-19/h6-10,14-16,21H,5,11-13H2,1-4H3,(H,26,29). The molecule has 1 N–H and O–H groups in total.